The fourth-order valence-corrected chi connectivity index (χ4v) is 4.23. The van der Waals surface area contributed by atoms with E-state index in [9.17, 15) is 8.42 Å². The Bertz CT molecular complexity index is 676. The average molecular weight is 306 g/mol. The molecule has 2 rings (SSSR count). The molecule has 0 spiro atoms. The van der Waals surface area contributed by atoms with Crippen LogP contribution in [0, 0.1) is 30.6 Å². The number of nitrogens with two attached hydrogens (primary N) is 1. The molecule has 0 aromatic heterocycles. The highest BCUT2D eigenvalue weighted by atomic mass is 32.2. The van der Waals surface area contributed by atoms with Crippen molar-refractivity contribution in [2.24, 2.45) is 17.6 Å². The first-order valence-corrected chi connectivity index (χ1v) is 8.60. The van der Waals surface area contributed by atoms with Gasteiger partial charge in [-0.3, -0.25) is 0 Å². The quantitative estimate of drug-likeness (QED) is 0.844. The lowest BCUT2D eigenvalue weighted by molar-refractivity contribution is 0.463. The number of aryl methyl sites for hydroxylation is 1. The van der Waals surface area contributed by atoms with Gasteiger partial charge in [0.15, 0.2) is 0 Å². The minimum atomic E-state index is -3.40. The number of sulfonamides is 1. The predicted octanol–water partition coefficient (Wildman–Crippen LogP) is 1.58. The van der Waals surface area contributed by atoms with Crippen LogP contribution in [0.3, 0.4) is 0 Å². The highest BCUT2D eigenvalue weighted by Gasteiger charge is 2.34. The zero-order valence-electron chi connectivity index (χ0n) is 12.8. The van der Waals surface area contributed by atoms with Gasteiger partial charge in [-0.1, -0.05) is 25.7 Å². The molecule has 1 heterocycles. The van der Waals surface area contributed by atoms with Crippen LogP contribution < -0.4 is 5.73 Å². The van der Waals surface area contributed by atoms with E-state index in [-0.39, 0.29) is 0 Å². The molecule has 1 fully saturated rings. The van der Waals surface area contributed by atoms with Crippen LogP contribution in [0.4, 0.5) is 0 Å². The van der Waals surface area contributed by atoms with Gasteiger partial charge in [0.25, 0.3) is 0 Å². The van der Waals surface area contributed by atoms with Gasteiger partial charge in [-0.05, 0) is 42.5 Å². The van der Waals surface area contributed by atoms with Crippen LogP contribution in [-0.4, -0.2) is 32.4 Å². The summed E-state index contributed by atoms with van der Waals surface area (Å²) < 4.78 is 26.9. The van der Waals surface area contributed by atoms with Crippen LogP contribution in [0.15, 0.2) is 23.1 Å². The first-order chi connectivity index (χ1) is 9.86. The second-order valence-electron chi connectivity index (χ2n) is 5.76. The SMILES string of the molecule is Cc1cc(S(=O)(=O)N2CC(C)C(C)C2)ccc1C#CCN. The van der Waals surface area contributed by atoms with Crippen molar-refractivity contribution in [3.05, 3.63) is 29.3 Å². The number of rotatable bonds is 2. The van der Waals surface area contributed by atoms with Crippen molar-refractivity contribution in [1.29, 1.82) is 0 Å². The van der Waals surface area contributed by atoms with Crippen LogP contribution in [0.5, 0.6) is 0 Å². The third kappa shape index (κ3) is 3.29. The molecule has 2 unspecified atom stereocenters. The Hall–Kier alpha value is -1.35. The Morgan fingerprint density at radius 2 is 1.90 bits per heavy atom. The summed E-state index contributed by atoms with van der Waals surface area (Å²) in [5.74, 6) is 6.54. The molecule has 4 nitrogen and oxygen atoms in total. The Morgan fingerprint density at radius 3 is 2.43 bits per heavy atom. The molecule has 2 atom stereocenters. The maximum atomic E-state index is 12.7. The van der Waals surface area contributed by atoms with Crippen LogP contribution in [-0.2, 0) is 10.0 Å². The lowest BCUT2D eigenvalue weighted by atomic mass is 10.0. The topological polar surface area (TPSA) is 63.4 Å². The third-order valence-corrected chi connectivity index (χ3v) is 5.94. The molecule has 1 aliphatic rings. The first-order valence-electron chi connectivity index (χ1n) is 7.16. The molecular weight excluding hydrogens is 284 g/mol. The zero-order chi connectivity index (χ0) is 15.6. The first kappa shape index (κ1) is 16.0. The number of hydrogen-bond acceptors (Lipinski definition) is 3. The standard InChI is InChI=1S/C16H22N2O2S/c1-12-9-16(7-6-15(12)5-4-8-17)21(19,20)18-10-13(2)14(3)11-18/h6-7,9,13-14H,8,10-11,17H2,1-3H3. The summed E-state index contributed by atoms with van der Waals surface area (Å²) in [5, 5.41) is 0. The van der Waals surface area contributed by atoms with Crippen molar-refractivity contribution in [2.45, 2.75) is 25.7 Å². The zero-order valence-corrected chi connectivity index (χ0v) is 13.6. The molecule has 0 bridgehead atoms. The Morgan fingerprint density at radius 1 is 1.29 bits per heavy atom. The van der Waals surface area contributed by atoms with Gasteiger partial charge in [0, 0.05) is 18.7 Å². The van der Waals surface area contributed by atoms with Crippen molar-refractivity contribution < 1.29 is 8.42 Å². The van der Waals surface area contributed by atoms with E-state index >= 15 is 0 Å². The molecule has 0 amide bonds. The van der Waals surface area contributed by atoms with Crippen molar-refractivity contribution in [3.63, 3.8) is 0 Å². The van der Waals surface area contributed by atoms with Crippen molar-refractivity contribution in [3.8, 4) is 11.8 Å². The Labute approximate surface area is 127 Å². The molecule has 2 N–H and O–H groups in total. The normalized spacial score (nSPS) is 22.9. The minimum absolute atomic E-state index is 0.295. The lowest BCUT2D eigenvalue weighted by Crippen LogP contribution is -2.29. The van der Waals surface area contributed by atoms with E-state index in [1.54, 1.807) is 22.5 Å². The van der Waals surface area contributed by atoms with E-state index < -0.39 is 10.0 Å². The minimum Gasteiger partial charge on any atom is -0.320 e. The molecule has 5 heteroatoms. The maximum Gasteiger partial charge on any atom is 0.243 e. The summed E-state index contributed by atoms with van der Waals surface area (Å²) in [6, 6.07) is 5.09. The number of nitrogens with zero attached hydrogens (tertiary/aromatic N) is 1. The second kappa shape index (κ2) is 6.18. The summed E-state index contributed by atoms with van der Waals surface area (Å²) in [6.45, 7) is 7.54. The van der Waals surface area contributed by atoms with Crippen LogP contribution in [0.25, 0.3) is 0 Å². The average Bonchev–Trinajstić information content (AvgIpc) is 2.78. The molecule has 0 radical (unpaired) electrons. The van der Waals surface area contributed by atoms with E-state index in [1.807, 2.05) is 6.92 Å². The third-order valence-electron chi connectivity index (χ3n) is 4.12. The molecule has 114 valence electrons. The maximum absolute atomic E-state index is 12.7. The summed E-state index contributed by atoms with van der Waals surface area (Å²) in [7, 11) is -3.40. The fourth-order valence-electron chi connectivity index (χ4n) is 2.51. The van der Waals surface area contributed by atoms with E-state index in [0.717, 1.165) is 11.1 Å². The fraction of sp³-hybridized carbons (Fsp3) is 0.500. The van der Waals surface area contributed by atoms with Crippen molar-refractivity contribution in [1.82, 2.24) is 4.31 Å². The summed E-state index contributed by atoms with van der Waals surface area (Å²) in [5.41, 5.74) is 7.04. The lowest BCUT2D eigenvalue weighted by Gasteiger charge is -2.16. The molecule has 0 saturated carbocycles. The molecule has 1 aliphatic heterocycles. The molecular formula is C16H22N2O2S. The highest BCUT2D eigenvalue weighted by molar-refractivity contribution is 7.89. The second-order valence-corrected chi connectivity index (χ2v) is 7.70. The summed E-state index contributed by atoms with van der Waals surface area (Å²) in [4.78, 5) is 0.347. The molecule has 1 saturated heterocycles. The highest BCUT2D eigenvalue weighted by Crippen LogP contribution is 2.28. The van der Waals surface area contributed by atoms with Crippen LogP contribution in [0.2, 0.25) is 0 Å². The van der Waals surface area contributed by atoms with Crippen molar-refractivity contribution in [2.75, 3.05) is 19.6 Å². The smallest absolute Gasteiger partial charge is 0.243 e. The van der Waals surface area contributed by atoms with Gasteiger partial charge >= 0.3 is 0 Å². The monoisotopic (exact) mass is 306 g/mol. The molecule has 1 aromatic rings. The van der Waals surface area contributed by atoms with Gasteiger partial charge < -0.3 is 5.73 Å². The molecule has 0 aliphatic carbocycles. The summed E-state index contributed by atoms with van der Waals surface area (Å²) >= 11 is 0. The predicted molar refractivity (Wildman–Crippen MR) is 84.2 cm³/mol. The van der Waals surface area contributed by atoms with Crippen molar-refractivity contribution >= 4 is 10.0 Å². The van der Waals surface area contributed by atoms with Crippen LogP contribution in [0.1, 0.15) is 25.0 Å². The van der Waals surface area contributed by atoms with E-state index in [4.69, 9.17) is 5.73 Å². The van der Waals surface area contributed by atoms with Gasteiger partial charge in [-0.25, -0.2) is 8.42 Å². The van der Waals surface area contributed by atoms with Gasteiger partial charge in [0.1, 0.15) is 0 Å². The van der Waals surface area contributed by atoms with Gasteiger partial charge in [-0.2, -0.15) is 4.31 Å². The van der Waals surface area contributed by atoms with E-state index in [2.05, 4.69) is 25.7 Å². The van der Waals surface area contributed by atoms with Gasteiger partial charge in [0.2, 0.25) is 10.0 Å². The summed E-state index contributed by atoms with van der Waals surface area (Å²) in [6.07, 6.45) is 0. The van der Waals surface area contributed by atoms with Crippen LogP contribution >= 0.6 is 0 Å². The molecule has 1 aromatic carbocycles. The van der Waals surface area contributed by atoms with Gasteiger partial charge in [-0.15, -0.1) is 0 Å². The number of benzene rings is 1. The largest absolute Gasteiger partial charge is 0.320 e. The molecule has 21 heavy (non-hydrogen) atoms. The number of hydrogen-bond donors (Lipinski definition) is 1. The van der Waals surface area contributed by atoms with Gasteiger partial charge in [0.05, 0.1) is 11.4 Å². The Balaban J connectivity index is 2.31. The van der Waals surface area contributed by atoms with E-state index in [0.29, 0.717) is 36.4 Å². The van der Waals surface area contributed by atoms with E-state index in [1.165, 1.54) is 0 Å². The Kier molecular flexibility index (Phi) is 4.72.